The minimum absolute atomic E-state index is 0.0417. The summed E-state index contributed by atoms with van der Waals surface area (Å²) in [7, 11) is 1.71. The molecule has 0 aromatic heterocycles. The first-order valence-corrected chi connectivity index (χ1v) is 5.79. The van der Waals surface area contributed by atoms with Gasteiger partial charge in [-0.25, -0.2) is 0 Å². The third-order valence-electron chi connectivity index (χ3n) is 1.41. The molecule has 6 heteroatoms. The van der Waals surface area contributed by atoms with Crippen molar-refractivity contribution >= 4 is 24.5 Å². The number of carbonyl (C=O) groups excluding carboxylic acids is 2. The zero-order chi connectivity index (χ0) is 14.4. The van der Waals surface area contributed by atoms with Gasteiger partial charge in [0.25, 0.3) is 0 Å². The van der Waals surface area contributed by atoms with Gasteiger partial charge in [-0.15, -0.1) is 0 Å². The summed E-state index contributed by atoms with van der Waals surface area (Å²) in [6.45, 7) is 5.77. The lowest BCUT2D eigenvalue weighted by Gasteiger charge is -2.14. The summed E-state index contributed by atoms with van der Waals surface area (Å²) < 4.78 is 14.8. The van der Waals surface area contributed by atoms with Crippen molar-refractivity contribution in [2.45, 2.75) is 32.8 Å². The fourth-order valence-corrected chi connectivity index (χ4v) is 0.890. The fourth-order valence-electron chi connectivity index (χ4n) is 0.402. The molecule has 0 atom stereocenters. The Morgan fingerprint density at radius 2 is 1.94 bits per heavy atom. The van der Waals surface area contributed by atoms with Gasteiger partial charge in [-0.2, -0.15) is 0 Å². The molecular weight excluding hydrogens is 259 g/mol. The van der Waals surface area contributed by atoms with Crippen molar-refractivity contribution in [2.75, 3.05) is 7.11 Å². The Morgan fingerprint density at radius 3 is 2.11 bits per heavy atom. The normalized spacial score (nSPS) is 12.2. The minimum Gasteiger partial charge on any atom is -0.379 e. The Hall–Kier alpha value is -1.32. The molecule has 1 aliphatic heterocycles. The van der Waals surface area contributed by atoms with Crippen molar-refractivity contribution in [3.05, 3.63) is 11.0 Å². The average Bonchev–Trinajstić information content (AvgIpc) is 2.40. The van der Waals surface area contributed by atoms with Gasteiger partial charge in [-0.1, -0.05) is 12.0 Å². The van der Waals surface area contributed by atoms with Crippen LogP contribution in [0.4, 0.5) is 4.53 Å². The summed E-state index contributed by atoms with van der Waals surface area (Å²) in [5.74, 6) is 2.83. The summed E-state index contributed by atoms with van der Waals surface area (Å²) in [4.78, 5) is 21.7. The molecule has 0 amide bonds. The largest absolute Gasteiger partial charge is 0.379 e. The molecule has 0 N–H and O–H groups in total. The Labute approximate surface area is 111 Å². The topological polar surface area (TPSA) is 52.6 Å². The van der Waals surface area contributed by atoms with Crippen LogP contribution in [0.25, 0.3) is 0 Å². The van der Waals surface area contributed by atoms with Crippen molar-refractivity contribution in [3.63, 3.8) is 0 Å². The van der Waals surface area contributed by atoms with Crippen molar-refractivity contribution in [1.82, 2.24) is 0 Å². The summed E-state index contributed by atoms with van der Waals surface area (Å²) in [6.07, 6.45) is 3.38. The lowest BCUT2D eigenvalue weighted by atomic mass is 10.2. The predicted octanol–water partition coefficient (Wildman–Crippen LogP) is 2.64. The van der Waals surface area contributed by atoms with Crippen LogP contribution in [0, 0.1) is 11.2 Å². The van der Waals surface area contributed by atoms with E-state index >= 15 is 0 Å². The summed E-state index contributed by atoms with van der Waals surface area (Å²) in [6, 6.07) is 0. The van der Waals surface area contributed by atoms with Gasteiger partial charge < -0.3 is 4.74 Å². The van der Waals surface area contributed by atoms with Crippen LogP contribution < -0.4 is 0 Å². The standard InChI is InChI=1S/C6H4OS.C5H12O.CHFO2/c7-5-6-3-1-2-4-8-6;1-5(2,3)6-4;2-4-1-3/h3,5H,1H2;1-4H3;1H. The van der Waals surface area contributed by atoms with E-state index in [1.165, 1.54) is 11.8 Å². The van der Waals surface area contributed by atoms with E-state index in [1.54, 1.807) is 7.11 Å². The van der Waals surface area contributed by atoms with Gasteiger partial charge in [-0.05, 0) is 37.8 Å². The van der Waals surface area contributed by atoms with E-state index in [9.17, 15) is 9.32 Å². The smallest absolute Gasteiger partial charge is 0.337 e. The molecule has 0 aromatic carbocycles. The van der Waals surface area contributed by atoms with Gasteiger partial charge in [0, 0.05) is 18.1 Å². The maximum Gasteiger partial charge on any atom is 0.337 e. The van der Waals surface area contributed by atoms with Crippen LogP contribution in [0.1, 0.15) is 27.2 Å². The number of hydrogen-bond acceptors (Lipinski definition) is 5. The molecule has 0 aromatic rings. The van der Waals surface area contributed by atoms with Crippen LogP contribution in [0.3, 0.4) is 0 Å². The first-order chi connectivity index (χ1) is 8.41. The molecule has 0 radical (unpaired) electrons. The van der Waals surface area contributed by atoms with Crippen LogP contribution in [0.5, 0.6) is 0 Å². The van der Waals surface area contributed by atoms with Crippen LogP contribution in [0.2, 0.25) is 0 Å². The second-order valence-electron chi connectivity index (χ2n) is 3.81. The van der Waals surface area contributed by atoms with E-state index in [-0.39, 0.29) is 12.1 Å². The number of methoxy groups -OCH3 is 1. The lowest BCUT2D eigenvalue weighted by Crippen LogP contribution is -2.15. The summed E-state index contributed by atoms with van der Waals surface area (Å²) in [5.41, 5.74) is 0.0417. The molecular formula is C12H17FO4S. The highest BCUT2D eigenvalue weighted by Gasteiger charge is 2.04. The first kappa shape index (κ1) is 19.0. The molecule has 102 valence electrons. The van der Waals surface area contributed by atoms with E-state index < -0.39 is 0 Å². The molecule has 1 heterocycles. The number of hydrogen-bond donors (Lipinski definition) is 0. The van der Waals surface area contributed by atoms with Gasteiger partial charge in [0.05, 0.1) is 10.5 Å². The monoisotopic (exact) mass is 276 g/mol. The quantitative estimate of drug-likeness (QED) is 0.573. The predicted molar refractivity (Wildman–Crippen MR) is 69.2 cm³/mol. The minimum atomic E-state index is -0.292. The van der Waals surface area contributed by atoms with Crippen LogP contribution in [-0.2, 0) is 19.3 Å². The molecule has 1 aliphatic rings. The lowest BCUT2D eigenvalue weighted by molar-refractivity contribution is -0.165. The highest BCUT2D eigenvalue weighted by molar-refractivity contribution is 8.08. The van der Waals surface area contributed by atoms with Crippen molar-refractivity contribution in [3.8, 4) is 11.2 Å². The van der Waals surface area contributed by atoms with Gasteiger partial charge in [-0.3, -0.25) is 14.5 Å². The molecule has 0 bridgehead atoms. The van der Waals surface area contributed by atoms with E-state index in [2.05, 4.69) is 16.1 Å². The maximum absolute atomic E-state index is 10.0. The number of aldehydes is 1. The Kier molecular flexibility index (Phi) is 12.8. The first-order valence-electron chi connectivity index (χ1n) is 4.97. The number of allylic oxidation sites excluding steroid dienone is 2. The van der Waals surface area contributed by atoms with E-state index in [4.69, 9.17) is 9.53 Å². The molecule has 4 nitrogen and oxygen atoms in total. The highest BCUT2D eigenvalue weighted by Crippen LogP contribution is 2.14. The molecule has 0 aliphatic carbocycles. The zero-order valence-electron chi connectivity index (χ0n) is 10.9. The van der Waals surface area contributed by atoms with Crippen molar-refractivity contribution < 1.29 is 23.8 Å². The number of halogens is 1. The van der Waals surface area contributed by atoms with Crippen LogP contribution in [0.15, 0.2) is 11.0 Å². The summed E-state index contributed by atoms with van der Waals surface area (Å²) in [5, 5.41) is 2.75. The molecule has 0 spiro atoms. The van der Waals surface area contributed by atoms with E-state index in [0.29, 0.717) is 0 Å². The molecule has 0 fully saturated rings. The molecule has 1 rings (SSSR count). The second kappa shape index (κ2) is 12.1. The van der Waals surface area contributed by atoms with Crippen molar-refractivity contribution in [1.29, 1.82) is 0 Å². The van der Waals surface area contributed by atoms with Gasteiger partial charge in [0.15, 0.2) is 6.29 Å². The molecule has 18 heavy (non-hydrogen) atoms. The zero-order valence-corrected chi connectivity index (χ0v) is 11.7. The maximum atomic E-state index is 10.0. The van der Waals surface area contributed by atoms with Gasteiger partial charge >= 0.3 is 6.47 Å². The third kappa shape index (κ3) is 17.1. The number of carbonyl (C=O) groups is 2. The Bertz CT molecular complexity index is 323. The molecule has 0 saturated heterocycles. The number of ether oxygens (including phenoxy) is 1. The summed E-state index contributed by atoms with van der Waals surface area (Å²) >= 11 is 1.30. The highest BCUT2D eigenvalue weighted by atomic mass is 32.2. The average molecular weight is 276 g/mol. The molecule has 0 unspecified atom stereocenters. The third-order valence-corrected chi connectivity index (χ3v) is 2.16. The molecule has 0 saturated carbocycles. The van der Waals surface area contributed by atoms with Gasteiger partial charge in [0.1, 0.15) is 0 Å². The van der Waals surface area contributed by atoms with Gasteiger partial charge in [0.2, 0.25) is 0 Å². The van der Waals surface area contributed by atoms with E-state index in [1.807, 2.05) is 26.8 Å². The SMILES string of the molecule is COC(C)(C)C.O=CC1=CCC#CS1.O=COF. The van der Waals surface area contributed by atoms with E-state index in [0.717, 1.165) is 17.6 Å². The fraction of sp³-hybridized carbons (Fsp3) is 0.500. The van der Waals surface area contributed by atoms with Crippen LogP contribution >= 0.6 is 11.8 Å². The van der Waals surface area contributed by atoms with Crippen LogP contribution in [-0.4, -0.2) is 25.5 Å². The second-order valence-corrected chi connectivity index (χ2v) is 4.69. The number of rotatable bonds is 2. The number of thioether (sulfide) groups is 1. The van der Waals surface area contributed by atoms with Crippen molar-refractivity contribution in [2.24, 2.45) is 0 Å². The Morgan fingerprint density at radius 1 is 1.44 bits per heavy atom. The Balaban J connectivity index is 0.